The van der Waals surface area contributed by atoms with Gasteiger partial charge in [0.2, 0.25) is 0 Å². The van der Waals surface area contributed by atoms with Gasteiger partial charge in [-0.25, -0.2) is 15.8 Å². The summed E-state index contributed by atoms with van der Waals surface area (Å²) in [7, 11) is 0. The quantitative estimate of drug-likeness (QED) is 0.436. The number of nitrogens with one attached hydrogen (secondary N) is 2. The van der Waals surface area contributed by atoms with Gasteiger partial charge in [0.25, 0.3) is 0 Å². The van der Waals surface area contributed by atoms with E-state index >= 15 is 0 Å². The van der Waals surface area contributed by atoms with Crippen LogP contribution in [0, 0.1) is 5.41 Å². The molecule has 2 atom stereocenters. The summed E-state index contributed by atoms with van der Waals surface area (Å²) in [6.07, 6.45) is 1.93. The van der Waals surface area contributed by atoms with E-state index in [0.29, 0.717) is 11.6 Å². The molecule has 1 aromatic rings. The van der Waals surface area contributed by atoms with E-state index in [-0.39, 0.29) is 17.6 Å². The number of aromatic nitrogens is 2. The van der Waals surface area contributed by atoms with Gasteiger partial charge in [-0.1, -0.05) is 13.8 Å². The Balaban J connectivity index is 2.05. The van der Waals surface area contributed by atoms with Crippen molar-refractivity contribution in [2.45, 2.75) is 32.4 Å². The van der Waals surface area contributed by atoms with Gasteiger partial charge in [-0.15, -0.1) is 0 Å². The Hall–Kier alpha value is -1.40. The molecular formula is C10H17N5O. The second kappa shape index (κ2) is 3.88. The van der Waals surface area contributed by atoms with E-state index in [2.05, 4.69) is 20.7 Å². The fraction of sp³-hybridized carbons (Fsp3) is 0.600. The molecule has 0 bridgehead atoms. The first-order valence-corrected chi connectivity index (χ1v) is 5.27. The van der Waals surface area contributed by atoms with Gasteiger partial charge in [-0.3, -0.25) is 0 Å². The number of anilines is 2. The number of hydrazine groups is 1. The maximum atomic E-state index is 9.62. The Morgan fingerprint density at radius 3 is 2.69 bits per heavy atom. The zero-order valence-corrected chi connectivity index (χ0v) is 9.44. The summed E-state index contributed by atoms with van der Waals surface area (Å²) >= 11 is 0. The molecule has 16 heavy (non-hydrogen) atoms. The average Bonchev–Trinajstić information content (AvgIpc) is 2.29. The van der Waals surface area contributed by atoms with Gasteiger partial charge in [-0.2, -0.15) is 0 Å². The molecule has 6 nitrogen and oxygen atoms in total. The van der Waals surface area contributed by atoms with Crippen LogP contribution in [0.1, 0.15) is 20.3 Å². The molecule has 6 heteroatoms. The first-order chi connectivity index (χ1) is 7.54. The van der Waals surface area contributed by atoms with E-state index in [9.17, 15) is 5.11 Å². The fourth-order valence-corrected chi connectivity index (χ4v) is 1.84. The zero-order valence-electron chi connectivity index (χ0n) is 9.44. The molecule has 0 radical (unpaired) electrons. The van der Waals surface area contributed by atoms with E-state index in [1.54, 1.807) is 6.07 Å². The summed E-state index contributed by atoms with van der Waals surface area (Å²) in [5.41, 5.74) is 2.34. The summed E-state index contributed by atoms with van der Waals surface area (Å²) in [6, 6.07) is 1.96. The first-order valence-electron chi connectivity index (χ1n) is 5.27. The van der Waals surface area contributed by atoms with Gasteiger partial charge < -0.3 is 15.8 Å². The lowest BCUT2D eigenvalue weighted by molar-refractivity contribution is -0.0511. The smallest absolute Gasteiger partial charge is 0.145 e. The average molecular weight is 223 g/mol. The predicted molar refractivity (Wildman–Crippen MR) is 61.7 cm³/mol. The van der Waals surface area contributed by atoms with Crippen LogP contribution in [0.5, 0.6) is 0 Å². The van der Waals surface area contributed by atoms with Crippen LogP contribution in [0.15, 0.2) is 12.4 Å². The number of nitrogen functional groups attached to an aromatic ring is 1. The van der Waals surface area contributed by atoms with Gasteiger partial charge in [-0.05, 0) is 6.42 Å². The largest absolute Gasteiger partial charge is 0.392 e. The second-order valence-corrected chi connectivity index (χ2v) is 4.70. The van der Waals surface area contributed by atoms with Crippen molar-refractivity contribution < 1.29 is 5.11 Å². The second-order valence-electron chi connectivity index (χ2n) is 4.70. The van der Waals surface area contributed by atoms with Crippen LogP contribution >= 0.6 is 0 Å². The Morgan fingerprint density at radius 2 is 2.12 bits per heavy atom. The molecule has 1 saturated carbocycles. The molecule has 1 aliphatic carbocycles. The molecule has 2 unspecified atom stereocenters. The van der Waals surface area contributed by atoms with Crippen molar-refractivity contribution in [1.29, 1.82) is 0 Å². The van der Waals surface area contributed by atoms with E-state index < -0.39 is 0 Å². The van der Waals surface area contributed by atoms with Gasteiger partial charge in [0.05, 0.1) is 6.10 Å². The van der Waals surface area contributed by atoms with Crippen molar-refractivity contribution in [3.63, 3.8) is 0 Å². The number of nitrogens with zero attached hydrogens (tertiary/aromatic N) is 2. The van der Waals surface area contributed by atoms with Crippen LogP contribution in [0.2, 0.25) is 0 Å². The third-order valence-corrected chi connectivity index (χ3v) is 3.35. The van der Waals surface area contributed by atoms with Gasteiger partial charge in [0.1, 0.15) is 18.0 Å². The van der Waals surface area contributed by atoms with Gasteiger partial charge in [0, 0.05) is 17.5 Å². The topological polar surface area (TPSA) is 96.1 Å². The Bertz CT molecular complexity index is 381. The fourth-order valence-electron chi connectivity index (χ4n) is 1.84. The van der Waals surface area contributed by atoms with E-state index in [4.69, 9.17) is 5.84 Å². The minimum atomic E-state index is -0.251. The zero-order chi connectivity index (χ0) is 11.8. The van der Waals surface area contributed by atoms with Crippen LogP contribution in [-0.4, -0.2) is 27.2 Å². The molecule has 2 rings (SSSR count). The lowest BCUT2D eigenvalue weighted by Crippen LogP contribution is -2.57. The Morgan fingerprint density at radius 1 is 1.44 bits per heavy atom. The maximum Gasteiger partial charge on any atom is 0.145 e. The highest BCUT2D eigenvalue weighted by Gasteiger charge is 2.47. The van der Waals surface area contributed by atoms with Crippen LogP contribution in [-0.2, 0) is 0 Å². The molecule has 0 saturated heterocycles. The maximum absolute atomic E-state index is 9.62. The van der Waals surface area contributed by atoms with Crippen molar-refractivity contribution in [3.05, 3.63) is 12.4 Å². The van der Waals surface area contributed by atoms with E-state index in [1.807, 2.05) is 13.8 Å². The molecule has 1 fully saturated rings. The van der Waals surface area contributed by atoms with Crippen LogP contribution in [0.25, 0.3) is 0 Å². The number of rotatable bonds is 3. The highest BCUT2D eigenvalue weighted by atomic mass is 16.3. The monoisotopic (exact) mass is 223 g/mol. The summed E-state index contributed by atoms with van der Waals surface area (Å²) in [5.74, 6) is 6.54. The molecule has 1 aromatic heterocycles. The summed E-state index contributed by atoms with van der Waals surface area (Å²) in [4.78, 5) is 8.02. The number of nitrogens with two attached hydrogens (primary N) is 1. The Kier molecular flexibility index (Phi) is 2.69. The normalized spacial score (nSPS) is 27.0. The molecule has 0 spiro atoms. The minimum Gasteiger partial charge on any atom is -0.392 e. The molecule has 0 amide bonds. The summed E-state index contributed by atoms with van der Waals surface area (Å²) < 4.78 is 0. The molecule has 1 aliphatic rings. The number of hydrogen-bond donors (Lipinski definition) is 4. The van der Waals surface area contributed by atoms with Crippen LogP contribution in [0.3, 0.4) is 0 Å². The lowest BCUT2D eigenvalue weighted by atomic mass is 9.64. The van der Waals surface area contributed by atoms with Crippen molar-refractivity contribution in [1.82, 2.24) is 9.97 Å². The van der Waals surface area contributed by atoms with Gasteiger partial charge >= 0.3 is 0 Å². The molecule has 1 heterocycles. The van der Waals surface area contributed by atoms with Crippen molar-refractivity contribution >= 4 is 11.6 Å². The standard InChI is InChI=1S/C10H17N5O/c1-10(2)6(3-7(10)16)14-8-4-9(15-11)13-5-12-8/h4-7,16H,3,11H2,1-2H3,(H2,12,13,14,15). The predicted octanol–water partition coefficient (Wildman–Crippen LogP) is 0.333. The van der Waals surface area contributed by atoms with Crippen molar-refractivity contribution in [2.75, 3.05) is 10.7 Å². The molecular weight excluding hydrogens is 206 g/mol. The van der Waals surface area contributed by atoms with Crippen molar-refractivity contribution in [2.24, 2.45) is 11.3 Å². The SMILES string of the molecule is CC1(C)C(O)CC1Nc1cc(NN)ncn1. The highest BCUT2D eigenvalue weighted by Crippen LogP contribution is 2.41. The van der Waals surface area contributed by atoms with Gasteiger partial charge in [0.15, 0.2) is 0 Å². The number of aliphatic hydroxyl groups excluding tert-OH is 1. The minimum absolute atomic E-state index is 0.124. The summed E-state index contributed by atoms with van der Waals surface area (Å²) in [6.45, 7) is 4.06. The highest BCUT2D eigenvalue weighted by molar-refractivity contribution is 5.47. The number of hydrogen-bond acceptors (Lipinski definition) is 6. The van der Waals surface area contributed by atoms with Crippen LogP contribution in [0.4, 0.5) is 11.6 Å². The van der Waals surface area contributed by atoms with Crippen molar-refractivity contribution in [3.8, 4) is 0 Å². The Labute approximate surface area is 94.3 Å². The third kappa shape index (κ3) is 1.81. The third-order valence-electron chi connectivity index (χ3n) is 3.35. The van der Waals surface area contributed by atoms with Crippen LogP contribution < -0.4 is 16.6 Å². The van der Waals surface area contributed by atoms with E-state index in [1.165, 1.54) is 6.33 Å². The lowest BCUT2D eigenvalue weighted by Gasteiger charge is -2.49. The number of aliphatic hydroxyl groups is 1. The summed E-state index contributed by atoms with van der Waals surface area (Å²) in [5, 5.41) is 12.9. The molecule has 0 aliphatic heterocycles. The molecule has 0 aromatic carbocycles. The molecule has 88 valence electrons. The first kappa shape index (κ1) is 11.1. The molecule has 5 N–H and O–H groups in total. The van der Waals surface area contributed by atoms with E-state index in [0.717, 1.165) is 6.42 Å².